The van der Waals surface area contributed by atoms with Gasteiger partial charge in [-0.25, -0.2) is 0 Å². The first-order valence-corrected chi connectivity index (χ1v) is 6.77. The van der Waals surface area contributed by atoms with E-state index in [4.69, 9.17) is 4.74 Å². The van der Waals surface area contributed by atoms with E-state index < -0.39 is 0 Å². The molecule has 1 heterocycles. The van der Waals surface area contributed by atoms with Gasteiger partial charge in [-0.1, -0.05) is 0 Å². The maximum absolute atomic E-state index is 11.9. The Labute approximate surface area is 110 Å². The summed E-state index contributed by atoms with van der Waals surface area (Å²) < 4.78 is 4.95. The van der Waals surface area contributed by atoms with Crippen LogP contribution in [-0.4, -0.2) is 62.8 Å². The number of methoxy groups -OCH3 is 1. The third-order valence-corrected chi connectivity index (χ3v) is 3.41. The summed E-state index contributed by atoms with van der Waals surface area (Å²) in [7, 11) is 1.68. The van der Waals surface area contributed by atoms with E-state index in [0.29, 0.717) is 19.6 Å². The minimum Gasteiger partial charge on any atom is -0.385 e. The molecule has 0 aromatic rings. The Morgan fingerprint density at radius 2 is 2.06 bits per heavy atom. The summed E-state index contributed by atoms with van der Waals surface area (Å²) in [5.74, 6) is 0.134. The molecule has 0 aliphatic carbocycles. The Morgan fingerprint density at radius 1 is 1.39 bits per heavy atom. The highest BCUT2D eigenvalue weighted by molar-refractivity contribution is 5.77. The molecule has 18 heavy (non-hydrogen) atoms. The van der Waals surface area contributed by atoms with Gasteiger partial charge < -0.3 is 15.4 Å². The average molecular weight is 257 g/mol. The maximum atomic E-state index is 11.9. The van der Waals surface area contributed by atoms with Crippen molar-refractivity contribution in [2.75, 3.05) is 46.4 Å². The summed E-state index contributed by atoms with van der Waals surface area (Å²) in [6.45, 7) is 9.75. The van der Waals surface area contributed by atoms with Crippen LogP contribution in [0.3, 0.4) is 0 Å². The molecule has 0 radical (unpaired) electrons. The number of nitrogens with one attached hydrogen (secondary N) is 2. The zero-order chi connectivity index (χ0) is 13.4. The predicted octanol–water partition coefficient (Wildman–Crippen LogP) is 0.213. The molecule has 1 aliphatic rings. The van der Waals surface area contributed by atoms with Crippen molar-refractivity contribution in [1.29, 1.82) is 0 Å². The lowest BCUT2D eigenvalue weighted by Gasteiger charge is -2.40. The van der Waals surface area contributed by atoms with E-state index in [2.05, 4.69) is 29.4 Å². The molecule has 1 amide bonds. The van der Waals surface area contributed by atoms with E-state index in [1.54, 1.807) is 7.11 Å². The summed E-state index contributed by atoms with van der Waals surface area (Å²) in [6.07, 6.45) is 1.43. The number of piperazine rings is 1. The van der Waals surface area contributed by atoms with Crippen LogP contribution in [0.25, 0.3) is 0 Å². The summed E-state index contributed by atoms with van der Waals surface area (Å²) in [5, 5.41) is 6.28. The fraction of sp³-hybridized carbons (Fsp3) is 0.923. The molecule has 0 bridgehead atoms. The quantitative estimate of drug-likeness (QED) is 0.640. The van der Waals surface area contributed by atoms with E-state index >= 15 is 0 Å². The third kappa shape index (κ3) is 5.33. The van der Waals surface area contributed by atoms with Crippen LogP contribution in [0.1, 0.15) is 26.7 Å². The first kappa shape index (κ1) is 15.4. The standard InChI is InChI=1S/C13H27N3O2/c1-13(2,16-8-6-14-7-9-16)11-12(17)15-5-4-10-18-3/h14H,4-11H2,1-3H3,(H,15,17). The fourth-order valence-corrected chi connectivity index (χ4v) is 2.28. The van der Waals surface area contributed by atoms with Gasteiger partial charge >= 0.3 is 0 Å². The molecule has 1 saturated heterocycles. The van der Waals surface area contributed by atoms with Crippen molar-refractivity contribution in [3.05, 3.63) is 0 Å². The molecule has 0 aromatic carbocycles. The van der Waals surface area contributed by atoms with Crippen molar-refractivity contribution in [2.45, 2.75) is 32.2 Å². The largest absolute Gasteiger partial charge is 0.385 e. The van der Waals surface area contributed by atoms with Crippen LogP contribution in [0.15, 0.2) is 0 Å². The van der Waals surface area contributed by atoms with E-state index in [1.807, 2.05) is 0 Å². The monoisotopic (exact) mass is 257 g/mol. The van der Waals surface area contributed by atoms with Gasteiger partial charge in [-0.05, 0) is 20.3 Å². The van der Waals surface area contributed by atoms with Gasteiger partial charge in [0.2, 0.25) is 5.91 Å². The number of nitrogens with zero attached hydrogens (tertiary/aromatic N) is 1. The van der Waals surface area contributed by atoms with Crippen molar-refractivity contribution < 1.29 is 9.53 Å². The molecule has 1 rings (SSSR count). The SMILES string of the molecule is COCCCNC(=O)CC(C)(C)N1CCNCC1. The summed E-state index contributed by atoms with van der Waals surface area (Å²) >= 11 is 0. The van der Waals surface area contributed by atoms with E-state index in [0.717, 1.165) is 32.6 Å². The van der Waals surface area contributed by atoms with Gasteiger partial charge in [-0.2, -0.15) is 0 Å². The van der Waals surface area contributed by atoms with E-state index in [9.17, 15) is 4.79 Å². The molecule has 0 atom stereocenters. The Morgan fingerprint density at radius 3 is 2.67 bits per heavy atom. The topological polar surface area (TPSA) is 53.6 Å². The highest BCUT2D eigenvalue weighted by atomic mass is 16.5. The summed E-state index contributed by atoms with van der Waals surface area (Å²) in [4.78, 5) is 14.3. The van der Waals surface area contributed by atoms with E-state index in [1.165, 1.54) is 0 Å². The lowest BCUT2D eigenvalue weighted by molar-refractivity contribution is -0.123. The summed E-state index contributed by atoms with van der Waals surface area (Å²) in [6, 6.07) is 0. The molecule has 0 spiro atoms. The third-order valence-electron chi connectivity index (χ3n) is 3.41. The maximum Gasteiger partial charge on any atom is 0.221 e. The molecule has 1 fully saturated rings. The van der Waals surface area contributed by atoms with Crippen molar-refractivity contribution >= 4 is 5.91 Å². The molecule has 1 aliphatic heterocycles. The molecule has 106 valence electrons. The first-order valence-electron chi connectivity index (χ1n) is 6.77. The van der Waals surface area contributed by atoms with Gasteiger partial charge in [0.25, 0.3) is 0 Å². The average Bonchev–Trinajstić information content (AvgIpc) is 2.35. The van der Waals surface area contributed by atoms with Gasteiger partial charge in [-0.3, -0.25) is 9.69 Å². The normalized spacial score (nSPS) is 17.7. The lowest BCUT2D eigenvalue weighted by Crippen LogP contribution is -2.54. The second-order valence-electron chi connectivity index (χ2n) is 5.42. The van der Waals surface area contributed by atoms with Gasteiger partial charge in [0, 0.05) is 58.4 Å². The Bertz CT molecular complexity index is 251. The minimum absolute atomic E-state index is 0.0621. The number of carbonyl (C=O) groups excluding carboxylic acids is 1. The Hall–Kier alpha value is -0.650. The predicted molar refractivity (Wildman–Crippen MR) is 72.6 cm³/mol. The Balaban J connectivity index is 2.27. The van der Waals surface area contributed by atoms with Gasteiger partial charge in [0.15, 0.2) is 0 Å². The second kappa shape index (κ2) is 7.71. The molecule has 2 N–H and O–H groups in total. The number of ether oxygens (including phenoxy) is 1. The zero-order valence-electron chi connectivity index (χ0n) is 11.9. The van der Waals surface area contributed by atoms with Gasteiger partial charge in [0.1, 0.15) is 0 Å². The summed E-state index contributed by atoms with van der Waals surface area (Å²) in [5.41, 5.74) is -0.0621. The molecular formula is C13H27N3O2. The smallest absolute Gasteiger partial charge is 0.221 e. The highest BCUT2D eigenvalue weighted by Gasteiger charge is 2.29. The van der Waals surface area contributed by atoms with Crippen LogP contribution in [0.2, 0.25) is 0 Å². The van der Waals surface area contributed by atoms with Crippen LogP contribution in [0, 0.1) is 0 Å². The van der Waals surface area contributed by atoms with Crippen LogP contribution >= 0.6 is 0 Å². The first-order chi connectivity index (χ1) is 8.56. The minimum atomic E-state index is -0.0621. The van der Waals surface area contributed by atoms with Crippen LogP contribution in [-0.2, 0) is 9.53 Å². The van der Waals surface area contributed by atoms with Crippen molar-refractivity contribution in [1.82, 2.24) is 15.5 Å². The van der Waals surface area contributed by atoms with Gasteiger partial charge in [-0.15, -0.1) is 0 Å². The van der Waals surface area contributed by atoms with E-state index in [-0.39, 0.29) is 11.4 Å². The van der Waals surface area contributed by atoms with Gasteiger partial charge in [0.05, 0.1) is 0 Å². The number of hydrogen-bond acceptors (Lipinski definition) is 4. The van der Waals surface area contributed by atoms with Crippen LogP contribution in [0.5, 0.6) is 0 Å². The van der Waals surface area contributed by atoms with Crippen molar-refractivity contribution in [2.24, 2.45) is 0 Å². The number of carbonyl (C=O) groups is 1. The highest BCUT2D eigenvalue weighted by Crippen LogP contribution is 2.19. The van der Waals surface area contributed by atoms with Crippen molar-refractivity contribution in [3.63, 3.8) is 0 Å². The molecular weight excluding hydrogens is 230 g/mol. The zero-order valence-corrected chi connectivity index (χ0v) is 11.9. The number of hydrogen-bond donors (Lipinski definition) is 2. The molecule has 5 nitrogen and oxygen atoms in total. The Kier molecular flexibility index (Phi) is 6.60. The molecule has 5 heteroatoms. The molecule has 0 saturated carbocycles. The van der Waals surface area contributed by atoms with Crippen molar-refractivity contribution in [3.8, 4) is 0 Å². The number of rotatable bonds is 7. The fourth-order valence-electron chi connectivity index (χ4n) is 2.28. The molecule has 0 unspecified atom stereocenters. The molecule has 0 aromatic heterocycles. The second-order valence-corrected chi connectivity index (χ2v) is 5.42. The lowest BCUT2D eigenvalue weighted by atomic mass is 9.96. The number of amides is 1. The van der Waals surface area contributed by atoms with Crippen LogP contribution < -0.4 is 10.6 Å². The van der Waals surface area contributed by atoms with Crippen LogP contribution in [0.4, 0.5) is 0 Å².